The largest absolute Gasteiger partial charge is 0.493 e. The summed E-state index contributed by atoms with van der Waals surface area (Å²) in [7, 11) is 0. The maximum Gasteiger partial charge on any atom is 0.293 e. The molecular formula is C38H33FN4O4. The number of nitrogens with one attached hydrogen (secondary N) is 2. The molecule has 47 heavy (non-hydrogen) atoms. The number of carbonyl (C=O) groups excluding carboxylic acids is 2. The van der Waals surface area contributed by atoms with Crippen LogP contribution in [0.15, 0.2) is 108 Å². The standard InChI is InChI=1S/C38H33FN4O4/c1-3-19-46-32-18-13-24(20-23(32)2)34-31(22-43(42-34)27-9-5-4-6-10-27)29-21-30(29)37(44)41-35-28-11-7-8-12-33(28)47-36(35)38(45)40-26-16-14-25(39)15-17-26/h4-18,20,22,29-30H,3,19,21H2,1-2H3,(H,40,45)(H,41,44). The number of anilines is 2. The Morgan fingerprint density at radius 2 is 1.74 bits per heavy atom. The van der Waals surface area contributed by atoms with Crippen LogP contribution < -0.4 is 15.4 Å². The van der Waals surface area contributed by atoms with Crippen LogP contribution in [0.4, 0.5) is 15.8 Å². The molecule has 0 radical (unpaired) electrons. The van der Waals surface area contributed by atoms with Crippen molar-refractivity contribution in [2.75, 3.05) is 17.2 Å². The summed E-state index contributed by atoms with van der Waals surface area (Å²) >= 11 is 0. The van der Waals surface area contributed by atoms with Crippen molar-refractivity contribution in [1.82, 2.24) is 9.78 Å². The Kier molecular flexibility index (Phi) is 8.03. The summed E-state index contributed by atoms with van der Waals surface area (Å²) in [5.74, 6) is -0.775. The van der Waals surface area contributed by atoms with E-state index in [-0.39, 0.29) is 23.5 Å². The van der Waals surface area contributed by atoms with Gasteiger partial charge in [0, 0.05) is 40.2 Å². The lowest BCUT2D eigenvalue weighted by Crippen LogP contribution is -2.18. The minimum atomic E-state index is -0.552. The Hall–Kier alpha value is -5.70. The second kappa shape index (κ2) is 12.6. The molecule has 0 aliphatic heterocycles. The first-order valence-corrected chi connectivity index (χ1v) is 15.7. The molecule has 2 atom stereocenters. The smallest absolute Gasteiger partial charge is 0.293 e. The number of hydrogen-bond donors (Lipinski definition) is 2. The van der Waals surface area contributed by atoms with Gasteiger partial charge in [-0.25, -0.2) is 9.07 Å². The van der Waals surface area contributed by atoms with Crippen molar-refractivity contribution >= 4 is 34.2 Å². The zero-order chi connectivity index (χ0) is 32.5. The van der Waals surface area contributed by atoms with Gasteiger partial charge in [-0.1, -0.05) is 37.3 Å². The molecule has 2 unspecified atom stereocenters. The predicted molar refractivity (Wildman–Crippen MR) is 180 cm³/mol. The van der Waals surface area contributed by atoms with Crippen LogP contribution >= 0.6 is 0 Å². The number of carbonyl (C=O) groups is 2. The van der Waals surface area contributed by atoms with Crippen molar-refractivity contribution in [1.29, 1.82) is 0 Å². The van der Waals surface area contributed by atoms with Crippen molar-refractivity contribution in [3.05, 3.63) is 126 Å². The fourth-order valence-corrected chi connectivity index (χ4v) is 5.86. The minimum absolute atomic E-state index is 0.0282. The quantitative estimate of drug-likeness (QED) is 0.159. The molecule has 0 spiro atoms. The Morgan fingerprint density at radius 3 is 2.51 bits per heavy atom. The lowest BCUT2D eigenvalue weighted by molar-refractivity contribution is -0.117. The van der Waals surface area contributed by atoms with E-state index in [9.17, 15) is 14.0 Å². The van der Waals surface area contributed by atoms with Gasteiger partial charge < -0.3 is 19.8 Å². The molecule has 2 N–H and O–H groups in total. The monoisotopic (exact) mass is 628 g/mol. The highest BCUT2D eigenvalue weighted by Gasteiger charge is 2.46. The van der Waals surface area contributed by atoms with Gasteiger partial charge in [-0.15, -0.1) is 0 Å². The third kappa shape index (κ3) is 6.12. The molecule has 236 valence electrons. The fourth-order valence-electron chi connectivity index (χ4n) is 5.86. The third-order valence-electron chi connectivity index (χ3n) is 8.35. The summed E-state index contributed by atoms with van der Waals surface area (Å²) in [6.07, 6.45) is 3.56. The Bertz CT molecular complexity index is 2080. The zero-order valence-corrected chi connectivity index (χ0v) is 26.0. The second-order valence-electron chi connectivity index (χ2n) is 11.7. The third-order valence-corrected chi connectivity index (χ3v) is 8.35. The molecule has 1 fully saturated rings. The summed E-state index contributed by atoms with van der Waals surface area (Å²) in [6, 6.07) is 28.5. The van der Waals surface area contributed by atoms with Crippen LogP contribution in [-0.2, 0) is 4.79 Å². The lowest BCUT2D eigenvalue weighted by atomic mass is 10.0. The van der Waals surface area contributed by atoms with Crippen LogP contribution in [0.5, 0.6) is 5.75 Å². The van der Waals surface area contributed by atoms with Crippen LogP contribution in [0.2, 0.25) is 0 Å². The topological polar surface area (TPSA) is 98.4 Å². The number of halogens is 1. The van der Waals surface area contributed by atoms with E-state index in [4.69, 9.17) is 14.3 Å². The summed E-state index contributed by atoms with van der Waals surface area (Å²) in [6.45, 7) is 4.75. The summed E-state index contributed by atoms with van der Waals surface area (Å²) < 4.78 is 27.1. The number of fused-ring (bicyclic) bond motifs is 1. The zero-order valence-electron chi connectivity index (χ0n) is 26.0. The number of aryl methyl sites for hydroxylation is 1. The van der Waals surface area contributed by atoms with Crippen LogP contribution in [0.3, 0.4) is 0 Å². The molecule has 2 aromatic heterocycles. The van der Waals surface area contributed by atoms with E-state index < -0.39 is 11.7 Å². The van der Waals surface area contributed by atoms with E-state index in [1.807, 2.05) is 66.3 Å². The Balaban J connectivity index is 1.18. The summed E-state index contributed by atoms with van der Waals surface area (Å²) in [5, 5.41) is 11.3. The average Bonchev–Trinajstić information content (AvgIpc) is 3.63. The molecule has 0 bridgehead atoms. The first-order chi connectivity index (χ1) is 22.9. The molecule has 8 nitrogen and oxygen atoms in total. The number of amides is 2. The number of rotatable bonds is 10. The Morgan fingerprint density at radius 1 is 0.979 bits per heavy atom. The van der Waals surface area contributed by atoms with Gasteiger partial charge in [0.05, 0.1) is 18.0 Å². The number of furan rings is 1. The van der Waals surface area contributed by atoms with Crippen molar-refractivity contribution in [2.24, 2.45) is 5.92 Å². The van der Waals surface area contributed by atoms with Crippen molar-refractivity contribution < 1.29 is 23.1 Å². The van der Waals surface area contributed by atoms with Crippen LogP contribution in [0.1, 0.15) is 47.4 Å². The number of hydrogen-bond acceptors (Lipinski definition) is 5. The molecule has 1 aliphatic rings. The maximum absolute atomic E-state index is 13.8. The van der Waals surface area contributed by atoms with E-state index in [0.717, 1.165) is 40.2 Å². The van der Waals surface area contributed by atoms with Gasteiger partial charge in [0.25, 0.3) is 5.91 Å². The first kappa shape index (κ1) is 30.0. The highest BCUT2D eigenvalue weighted by molar-refractivity contribution is 6.15. The number of aromatic nitrogens is 2. The van der Waals surface area contributed by atoms with Gasteiger partial charge in [-0.05, 0) is 92.1 Å². The second-order valence-corrected chi connectivity index (χ2v) is 11.7. The van der Waals surface area contributed by atoms with Crippen molar-refractivity contribution in [3.63, 3.8) is 0 Å². The number of para-hydroxylation sites is 2. The van der Waals surface area contributed by atoms with Crippen LogP contribution in [0, 0.1) is 18.7 Å². The number of nitrogens with zero attached hydrogens (tertiary/aromatic N) is 2. The molecule has 2 heterocycles. The maximum atomic E-state index is 13.8. The predicted octanol–water partition coefficient (Wildman–Crippen LogP) is 8.52. The van der Waals surface area contributed by atoms with Crippen LogP contribution in [0.25, 0.3) is 27.9 Å². The highest BCUT2D eigenvalue weighted by Crippen LogP contribution is 2.51. The van der Waals surface area contributed by atoms with Gasteiger partial charge in [-0.3, -0.25) is 9.59 Å². The van der Waals surface area contributed by atoms with Gasteiger partial charge >= 0.3 is 0 Å². The molecule has 6 aromatic rings. The van der Waals surface area contributed by atoms with Crippen molar-refractivity contribution in [2.45, 2.75) is 32.6 Å². The molecule has 1 aliphatic carbocycles. The average molecular weight is 629 g/mol. The van der Waals surface area contributed by atoms with E-state index in [1.165, 1.54) is 24.3 Å². The van der Waals surface area contributed by atoms with Crippen LogP contribution in [-0.4, -0.2) is 28.2 Å². The fraction of sp³-hybridized carbons (Fsp3) is 0.184. The SMILES string of the molecule is CCCOc1ccc(-c2nn(-c3ccccc3)cc2C2CC2C(=O)Nc2c(C(=O)Nc3ccc(F)cc3)oc3ccccc23)cc1C. The first-order valence-electron chi connectivity index (χ1n) is 15.7. The van der Waals surface area contributed by atoms with Crippen molar-refractivity contribution in [3.8, 4) is 22.7 Å². The molecule has 4 aromatic carbocycles. The number of ether oxygens (including phenoxy) is 1. The Labute approximate surface area is 271 Å². The van der Waals surface area contributed by atoms with Gasteiger partial charge in [0.2, 0.25) is 11.7 Å². The molecule has 1 saturated carbocycles. The molecule has 2 amide bonds. The van der Waals surface area contributed by atoms with Gasteiger partial charge in [-0.2, -0.15) is 5.10 Å². The van der Waals surface area contributed by atoms with Gasteiger partial charge in [0.15, 0.2) is 0 Å². The lowest BCUT2D eigenvalue weighted by Gasteiger charge is -2.10. The van der Waals surface area contributed by atoms with Gasteiger partial charge in [0.1, 0.15) is 22.8 Å². The van der Waals surface area contributed by atoms with E-state index in [0.29, 0.717) is 35.4 Å². The molecule has 7 rings (SSSR count). The summed E-state index contributed by atoms with van der Waals surface area (Å²) in [4.78, 5) is 27.1. The van der Waals surface area contributed by atoms with E-state index in [2.05, 4.69) is 23.6 Å². The minimum Gasteiger partial charge on any atom is -0.493 e. The highest BCUT2D eigenvalue weighted by atomic mass is 19.1. The molecule has 9 heteroatoms. The van der Waals surface area contributed by atoms with E-state index in [1.54, 1.807) is 18.2 Å². The molecule has 0 saturated heterocycles. The number of benzene rings is 4. The van der Waals surface area contributed by atoms with E-state index >= 15 is 0 Å². The normalized spacial score (nSPS) is 15.4. The molecular weight excluding hydrogens is 595 g/mol. The summed E-state index contributed by atoms with van der Waals surface area (Å²) in [5.41, 5.74) is 5.83.